The Bertz CT molecular complexity index is 361. The van der Waals surface area contributed by atoms with E-state index in [2.05, 4.69) is 15.3 Å². The summed E-state index contributed by atoms with van der Waals surface area (Å²) in [5, 5.41) is 12.1. The number of nitrogens with one attached hydrogen (secondary N) is 1. The summed E-state index contributed by atoms with van der Waals surface area (Å²) in [6.07, 6.45) is 7.26. The molecule has 2 N–H and O–H groups in total. The van der Waals surface area contributed by atoms with E-state index in [0.717, 1.165) is 12.8 Å². The SMILES string of the molecule is O=C(O)c1cncnc1NC1CCCC1. The van der Waals surface area contributed by atoms with Gasteiger partial charge in [0.15, 0.2) is 0 Å². The first-order chi connectivity index (χ1) is 7.27. The molecule has 0 spiro atoms. The Labute approximate surface area is 87.6 Å². The van der Waals surface area contributed by atoms with Gasteiger partial charge in [-0.1, -0.05) is 12.8 Å². The molecule has 1 heterocycles. The molecule has 5 nitrogen and oxygen atoms in total. The van der Waals surface area contributed by atoms with E-state index in [0.29, 0.717) is 11.9 Å². The first-order valence-corrected chi connectivity index (χ1v) is 5.07. The van der Waals surface area contributed by atoms with E-state index in [9.17, 15) is 4.79 Å². The number of rotatable bonds is 3. The predicted octanol–water partition coefficient (Wildman–Crippen LogP) is 1.53. The van der Waals surface area contributed by atoms with E-state index < -0.39 is 5.97 Å². The Morgan fingerprint density at radius 2 is 2.20 bits per heavy atom. The molecule has 1 aliphatic rings. The van der Waals surface area contributed by atoms with Crippen molar-refractivity contribution < 1.29 is 9.90 Å². The zero-order chi connectivity index (χ0) is 10.7. The highest BCUT2D eigenvalue weighted by Gasteiger charge is 2.18. The van der Waals surface area contributed by atoms with Crippen LogP contribution in [0.2, 0.25) is 0 Å². The van der Waals surface area contributed by atoms with E-state index in [1.807, 2.05) is 0 Å². The van der Waals surface area contributed by atoms with Crippen LogP contribution in [0.15, 0.2) is 12.5 Å². The highest BCUT2D eigenvalue weighted by Crippen LogP contribution is 2.22. The van der Waals surface area contributed by atoms with Crippen molar-refractivity contribution in [3.8, 4) is 0 Å². The lowest BCUT2D eigenvalue weighted by Gasteiger charge is -2.13. The summed E-state index contributed by atoms with van der Waals surface area (Å²) in [6.45, 7) is 0. The average Bonchev–Trinajstić information content (AvgIpc) is 2.71. The minimum absolute atomic E-state index is 0.143. The largest absolute Gasteiger partial charge is 0.477 e. The number of hydrogen-bond donors (Lipinski definition) is 2. The van der Waals surface area contributed by atoms with Crippen molar-refractivity contribution in [1.29, 1.82) is 0 Å². The molecule has 5 heteroatoms. The van der Waals surface area contributed by atoms with Gasteiger partial charge < -0.3 is 10.4 Å². The van der Waals surface area contributed by atoms with Gasteiger partial charge in [-0.25, -0.2) is 14.8 Å². The van der Waals surface area contributed by atoms with Crippen molar-refractivity contribution in [3.05, 3.63) is 18.1 Å². The molecule has 15 heavy (non-hydrogen) atoms. The molecule has 1 aliphatic carbocycles. The van der Waals surface area contributed by atoms with Crippen LogP contribution in [0.3, 0.4) is 0 Å². The molecule has 0 saturated heterocycles. The Morgan fingerprint density at radius 3 is 2.87 bits per heavy atom. The molecule has 0 amide bonds. The minimum atomic E-state index is -0.990. The highest BCUT2D eigenvalue weighted by atomic mass is 16.4. The van der Waals surface area contributed by atoms with Gasteiger partial charge in [0.1, 0.15) is 17.7 Å². The number of anilines is 1. The number of carboxylic acids is 1. The second-order valence-corrected chi connectivity index (χ2v) is 3.72. The summed E-state index contributed by atoms with van der Waals surface area (Å²) in [5.74, 6) is -0.555. The van der Waals surface area contributed by atoms with Crippen LogP contribution in [-0.2, 0) is 0 Å². The number of hydrogen-bond acceptors (Lipinski definition) is 4. The maximum absolute atomic E-state index is 10.9. The van der Waals surface area contributed by atoms with Crippen LogP contribution in [0, 0.1) is 0 Å². The van der Waals surface area contributed by atoms with Crippen molar-refractivity contribution in [3.63, 3.8) is 0 Å². The summed E-state index contributed by atoms with van der Waals surface area (Å²) in [7, 11) is 0. The fourth-order valence-corrected chi connectivity index (χ4v) is 1.86. The molecule has 0 radical (unpaired) electrons. The summed E-state index contributed by atoms with van der Waals surface area (Å²) in [6, 6.07) is 0.359. The topological polar surface area (TPSA) is 75.1 Å². The molecule has 0 aliphatic heterocycles. The lowest BCUT2D eigenvalue weighted by atomic mass is 10.2. The maximum Gasteiger partial charge on any atom is 0.341 e. The van der Waals surface area contributed by atoms with Gasteiger partial charge in [-0.15, -0.1) is 0 Å². The highest BCUT2D eigenvalue weighted by molar-refractivity contribution is 5.92. The average molecular weight is 207 g/mol. The molecule has 1 aromatic heterocycles. The predicted molar refractivity (Wildman–Crippen MR) is 54.9 cm³/mol. The molecule has 2 rings (SSSR count). The van der Waals surface area contributed by atoms with Gasteiger partial charge in [0.25, 0.3) is 0 Å². The van der Waals surface area contributed by atoms with E-state index in [4.69, 9.17) is 5.11 Å². The van der Waals surface area contributed by atoms with Gasteiger partial charge in [0.05, 0.1) is 0 Å². The molecular formula is C10H13N3O2. The van der Waals surface area contributed by atoms with Crippen molar-refractivity contribution in [2.24, 2.45) is 0 Å². The van der Waals surface area contributed by atoms with Crippen molar-refractivity contribution in [2.75, 3.05) is 5.32 Å². The minimum Gasteiger partial charge on any atom is -0.477 e. The molecule has 0 bridgehead atoms. The van der Waals surface area contributed by atoms with Gasteiger partial charge in [-0.3, -0.25) is 0 Å². The Hall–Kier alpha value is -1.65. The van der Waals surface area contributed by atoms with Crippen LogP contribution in [0.4, 0.5) is 5.82 Å². The van der Waals surface area contributed by atoms with Crippen LogP contribution in [-0.4, -0.2) is 27.1 Å². The first-order valence-electron chi connectivity index (χ1n) is 5.07. The molecule has 1 fully saturated rings. The summed E-state index contributed by atoms with van der Waals surface area (Å²) >= 11 is 0. The van der Waals surface area contributed by atoms with E-state index >= 15 is 0 Å². The first kappa shape index (κ1) is 9.89. The molecule has 0 unspecified atom stereocenters. The fraction of sp³-hybridized carbons (Fsp3) is 0.500. The van der Waals surface area contributed by atoms with Crippen LogP contribution in [0.1, 0.15) is 36.0 Å². The number of aromatic carboxylic acids is 1. The number of carboxylic acid groups (broad SMARTS) is 1. The molecule has 1 saturated carbocycles. The number of nitrogens with zero attached hydrogens (tertiary/aromatic N) is 2. The zero-order valence-electron chi connectivity index (χ0n) is 8.31. The molecule has 1 aromatic rings. The maximum atomic E-state index is 10.9. The van der Waals surface area contributed by atoms with Crippen LogP contribution in [0.25, 0.3) is 0 Å². The van der Waals surface area contributed by atoms with Crippen LogP contribution in [0.5, 0.6) is 0 Å². The summed E-state index contributed by atoms with van der Waals surface area (Å²) < 4.78 is 0. The second kappa shape index (κ2) is 4.25. The number of aromatic nitrogens is 2. The molecule has 80 valence electrons. The van der Waals surface area contributed by atoms with Crippen LogP contribution >= 0.6 is 0 Å². The standard InChI is InChI=1S/C10H13N3O2/c14-10(15)8-5-11-6-12-9(8)13-7-3-1-2-4-7/h5-7H,1-4H2,(H,14,15)(H,11,12,13). The van der Waals surface area contributed by atoms with Gasteiger partial charge in [-0.05, 0) is 12.8 Å². The monoisotopic (exact) mass is 207 g/mol. The van der Waals surface area contributed by atoms with E-state index in [-0.39, 0.29) is 5.56 Å². The van der Waals surface area contributed by atoms with Gasteiger partial charge >= 0.3 is 5.97 Å². The smallest absolute Gasteiger partial charge is 0.341 e. The van der Waals surface area contributed by atoms with Crippen molar-refractivity contribution in [1.82, 2.24) is 9.97 Å². The normalized spacial score (nSPS) is 16.5. The summed E-state index contributed by atoms with van der Waals surface area (Å²) in [5.41, 5.74) is 0.143. The molecular weight excluding hydrogens is 194 g/mol. The Kier molecular flexibility index (Phi) is 2.80. The fourth-order valence-electron chi connectivity index (χ4n) is 1.86. The van der Waals surface area contributed by atoms with Crippen LogP contribution < -0.4 is 5.32 Å². The van der Waals surface area contributed by atoms with Gasteiger partial charge in [-0.2, -0.15) is 0 Å². The van der Waals surface area contributed by atoms with E-state index in [1.165, 1.54) is 25.4 Å². The third-order valence-corrected chi connectivity index (χ3v) is 2.64. The van der Waals surface area contributed by atoms with E-state index in [1.54, 1.807) is 0 Å². The number of carbonyl (C=O) groups is 1. The van der Waals surface area contributed by atoms with Crippen molar-refractivity contribution >= 4 is 11.8 Å². The Morgan fingerprint density at radius 1 is 1.47 bits per heavy atom. The zero-order valence-corrected chi connectivity index (χ0v) is 8.31. The third-order valence-electron chi connectivity index (χ3n) is 2.64. The Balaban J connectivity index is 2.15. The van der Waals surface area contributed by atoms with Gasteiger partial charge in [0.2, 0.25) is 0 Å². The van der Waals surface area contributed by atoms with Gasteiger partial charge in [0, 0.05) is 12.2 Å². The third kappa shape index (κ3) is 2.23. The summed E-state index contributed by atoms with van der Waals surface area (Å²) in [4.78, 5) is 18.5. The lowest BCUT2D eigenvalue weighted by Crippen LogP contribution is -2.18. The lowest BCUT2D eigenvalue weighted by molar-refractivity contribution is 0.0697. The molecule has 0 atom stereocenters. The van der Waals surface area contributed by atoms with Crippen molar-refractivity contribution in [2.45, 2.75) is 31.7 Å². The molecule has 0 aromatic carbocycles. The second-order valence-electron chi connectivity index (χ2n) is 3.72. The quantitative estimate of drug-likeness (QED) is 0.786.